The zero-order valence-electron chi connectivity index (χ0n) is 13.2. The number of fused-ring (bicyclic) bond motifs is 4. The Hall–Kier alpha value is -3.52. The largest absolute Gasteiger partial charge is 0.516 e. The monoisotopic (exact) mass is 322 g/mol. The molecule has 0 aliphatic heterocycles. The number of isocyanates is 2. The molecule has 0 spiro atoms. The van der Waals surface area contributed by atoms with Gasteiger partial charge in [-0.1, -0.05) is 55.1 Å². The summed E-state index contributed by atoms with van der Waals surface area (Å²) in [6, 6.07) is 15.1. The van der Waals surface area contributed by atoms with Crippen molar-refractivity contribution < 1.29 is 14.7 Å². The number of benzene rings is 2. The minimum atomic E-state index is 0.750. The molecule has 122 valence electrons. The van der Waals surface area contributed by atoms with Gasteiger partial charge >= 0.3 is 0 Å². The first-order chi connectivity index (χ1) is 11.6. The van der Waals surface area contributed by atoms with Gasteiger partial charge in [-0.2, -0.15) is 0 Å². The molecule has 0 atom stereocenters. The van der Waals surface area contributed by atoms with Gasteiger partial charge in [-0.15, -0.1) is 0 Å². The first-order valence-electron chi connectivity index (χ1n) is 6.81. The Balaban J connectivity index is 0.000000406. The maximum atomic E-state index is 8.35. The number of nitrogens with one attached hydrogen (secondary N) is 2. The molecule has 24 heavy (non-hydrogen) atoms. The first-order valence-corrected chi connectivity index (χ1v) is 6.81. The predicted molar refractivity (Wildman–Crippen MR) is 94.4 cm³/mol. The molecular formula is C19H18N2O3. The minimum Gasteiger partial charge on any atom is -0.516 e. The summed E-state index contributed by atoms with van der Waals surface area (Å²) in [6.45, 7) is 5.48. The highest BCUT2D eigenvalue weighted by Gasteiger charge is 2.22. The highest BCUT2D eigenvalue weighted by molar-refractivity contribution is 6.03. The van der Waals surface area contributed by atoms with Crippen LogP contribution in [0.5, 0.6) is 0 Å². The molecule has 0 aromatic heterocycles. The SMILES string of the molecule is C=CC=CO.Cc1cccc2c1-c1ccccc1-2.N=C=O.N=C=O. The number of aliphatic hydroxyl groups is 1. The summed E-state index contributed by atoms with van der Waals surface area (Å²) in [5.74, 6) is 0. The maximum Gasteiger partial charge on any atom is 0.231 e. The Bertz CT molecular complexity index is 756. The normalized spacial score (nSPS) is 8.71. The molecule has 0 bridgehead atoms. The summed E-state index contributed by atoms with van der Waals surface area (Å²) in [5.41, 5.74) is 7.06. The number of hydrogen-bond acceptors (Lipinski definition) is 5. The van der Waals surface area contributed by atoms with E-state index >= 15 is 0 Å². The van der Waals surface area contributed by atoms with Crippen LogP contribution in [0.4, 0.5) is 0 Å². The lowest BCUT2D eigenvalue weighted by Gasteiger charge is -2.25. The Morgan fingerprint density at radius 3 is 1.92 bits per heavy atom. The van der Waals surface area contributed by atoms with Crippen LogP contribution in [0.1, 0.15) is 5.56 Å². The van der Waals surface area contributed by atoms with Crippen LogP contribution in [-0.4, -0.2) is 17.3 Å². The summed E-state index contributed by atoms with van der Waals surface area (Å²) in [4.78, 5) is 16.7. The van der Waals surface area contributed by atoms with Crippen molar-refractivity contribution in [3.05, 3.63) is 73.0 Å². The van der Waals surface area contributed by atoms with E-state index in [4.69, 9.17) is 25.5 Å². The van der Waals surface area contributed by atoms with Crippen LogP contribution >= 0.6 is 0 Å². The Kier molecular flexibility index (Phi) is 10.3. The van der Waals surface area contributed by atoms with E-state index in [1.807, 2.05) is 0 Å². The highest BCUT2D eigenvalue weighted by atomic mass is 16.2. The summed E-state index contributed by atoms with van der Waals surface area (Å²) >= 11 is 0. The molecule has 0 saturated heterocycles. The fourth-order valence-electron chi connectivity index (χ4n) is 2.18. The van der Waals surface area contributed by atoms with Crippen molar-refractivity contribution >= 4 is 12.2 Å². The molecule has 0 amide bonds. The van der Waals surface area contributed by atoms with E-state index in [-0.39, 0.29) is 0 Å². The van der Waals surface area contributed by atoms with Gasteiger partial charge in [-0.05, 0) is 40.8 Å². The van der Waals surface area contributed by atoms with Crippen LogP contribution in [0.2, 0.25) is 0 Å². The van der Waals surface area contributed by atoms with Gasteiger partial charge in [-0.3, -0.25) is 0 Å². The molecule has 0 radical (unpaired) electrons. The van der Waals surface area contributed by atoms with Crippen LogP contribution in [-0.2, 0) is 9.59 Å². The minimum absolute atomic E-state index is 0.750. The molecular weight excluding hydrogens is 304 g/mol. The van der Waals surface area contributed by atoms with E-state index < -0.39 is 0 Å². The van der Waals surface area contributed by atoms with Gasteiger partial charge in [0.05, 0.1) is 6.26 Å². The number of aliphatic hydroxyl groups excluding tert-OH is 1. The molecule has 5 nitrogen and oxygen atoms in total. The van der Waals surface area contributed by atoms with Gasteiger partial charge in [0, 0.05) is 0 Å². The third-order valence-electron chi connectivity index (χ3n) is 2.98. The molecule has 2 aromatic rings. The van der Waals surface area contributed by atoms with Gasteiger partial charge in [0.1, 0.15) is 0 Å². The van der Waals surface area contributed by atoms with Gasteiger partial charge in [0.25, 0.3) is 0 Å². The van der Waals surface area contributed by atoms with E-state index in [1.54, 1.807) is 0 Å². The molecule has 0 unspecified atom stereocenters. The third-order valence-corrected chi connectivity index (χ3v) is 2.98. The number of carbonyl (C=O) groups excluding carboxylic acids is 2. The van der Waals surface area contributed by atoms with Crippen molar-refractivity contribution in [2.45, 2.75) is 6.92 Å². The third kappa shape index (κ3) is 5.70. The lowest BCUT2D eigenvalue weighted by Crippen LogP contribution is -1.99. The lowest BCUT2D eigenvalue weighted by atomic mass is 9.78. The lowest BCUT2D eigenvalue weighted by molar-refractivity contribution is 0.474. The summed E-state index contributed by atoms with van der Waals surface area (Å²) in [7, 11) is 0. The van der Waals surface area contributed by atoms with Gasteiger partial charge in [-0.25, -0.2) is 20.4 Å². The molecule has 1 aliphatic rings. The maximum absolute atomic E-state index is 8.35. The Morgan fingerprint density at radius 1 is 0.958 bits per heavy atom. The molecule has 5 heteroatoms. The number of allylic oxidation sites excluding steroid dienone is 2. The van der Waals surface area contributed by atoms with Crippen molar-refractivity contribution in [3.8, 4) is 22.3 Å². The van der Waals surface area contributed by atoms with Crippen LogP contribution in [0.15, 0.2) is 67.5 Å². The summed E-state index contributed by atoms with van der Waals surface area (Å²) < 4.78 is 0. The van der Waals surface area contributed by atoms with Crippen molar-refractivity contribution in [1.29, 1.82) is 10.8 Å². The number of rotatable bonds is 1. The van der Waals surface area contributed by atoms with Crippen molar-refractivity contribution in [2.75, 3.05) is 0 Å². The number of hydrogen-bond donors (Lipinski definition) is 3. The number of aryl methyl sites for hydroxylation is 1. The molecule has 0 fully saturated rings. The van der Waals surface area contributed by atoms with Gasteiger partial charge in [0.2, 0.25) is 12.2 Å². The zero-order chi connectivity index (χ0) is 18.4. The van der Waals surface area contributed by atoms with Gasteiger partial charge in [0.15, 0.2) is 0 Å². The van der Waals surface area contributed by atoms with Gasteiger partial charge < -0.3 is 5.11 Å². The Morgan fingerprint density at radius 2 is 1.46 bits per heavy atom. The topological polar surface area (TPSA) is 102 Å². The molecule has 0 heterocycles. The van der Waals surface area contributed by atoms with E-state index in [1.165, 1.54) is 40.0 Å². The van der Waals surface area contributed by atoms with E-state index in [9.17, 15) is 0 Å². The fraction of sp³-hybridized carbons (Fsp3) is 0.0526. The predicted octanol–water partition coefficient (Wildman–Crippen LogP) is 4.69. The first kappa shape index (κ1) is 20.5. The van der Waals surface area contributed by atoms with E-state index in [0.717, 1.165) is 18.4 Å². The summed E-state index contributed by atoms with van der Waals surface area (Å²) in [5, 5.41) is 18.6. The van der Waals surface area contributed by atoms with Crippen LogP contribution in [0, 0.1) is 17.7 Å². The van der Waals surface area contributed by atoms with Crippen molar-refractivity contribution in [1.82, 2.24) is 0 Å². The fourth-order valence-corrected chi connectivity index (χ4v) is 2.18. The van der Waals surface area contributed by atoms with E-state index in [0.29, 0.717) is 0 Å². The van der Waals surface area contributed by atoms with Crippen molar-refractivity contribution in [3.63, 3.8) is 0 Å². The Labute approximate surface area is 140 Å². The van der Waals surface area contributed by atoms with Crippen LogP contribution in [0.25, 0.3) is 22.3 Å². The average Bonchev–Trinajstić information content (AvgIpc) is 2.55. The van der Waals surface area contributed by atoms with Crippen LogP contribution in [0.3, 0.4) is 0 Å². The standard InChI is InChI=1S/C13H10.C4H6O.2CHNO/c1-9-5-4-8-12-10-6-2-3-7-11(10)13(9)12;1-2-3-4-5;2*2-1-3/h2-8H,1H3;2-5H,1H2;2*2H. The molecule has 1 aliphatic carbocycles. The second kappa shape index (κ2) is 12.1. The molecule has 2 aromatic carbocycles. The van der Waals surface area contributed by atoms with E-state index in [2.05, 4.69) is 56.0 Å². The molecule has 3 rings (SSSR count). The van der Waals surface area contributed by atoms with Crippen LogP contribution < -0.4 is 0 Å². The smallest absolute Gasteiger partial charge is 0.231 e. The van der Waals surface area contributed by atoms with Crippen molar-refractivity contribution in [2.24, 2.45) is 0 Å². The molecule has 3 N–H and O–H groups in total. The highest BCUT2D eigenvalue weighted by Crippen LogP contribution is 2.48. The second-order valence-corrected chi connectivity index (χ2v) is 4.32. The molecule has 0 saturated carbocycles. The second-order valence-electron chi connectivity index (χ2n) is 4.32. The summed E-state index contributed by atoms with van der Waals surface area (Å²) in [6.07, 6.45) is 5.38. The zero-order valence-corrected chi connectivity index (χ0v) is 13.2. The average molecular weight is 322 g/mol. The quantitative estimate of drug-likeness (QED) is 0.262.